The fourth-order valence-corrected chi connectivity index (χ4v) is 3.21. The van der Waals surface area contributed by atoms with E-state index in [9.17, 15) is 4.79 Å². The third kappa shape index (κ3) is 2.64. The number of nitrogens with one attached hydrogen (secondary N) is 1. The minimum atomic E-state index is -0.0507. The van der Waals surface area contributed by atoms with Crippen molar-refractivity contribution < 1.29 is 4.79 Å². The fraction of sp³-hybridized carbons (Fsp3) is 0.438. The van der Waals surface area contributed by atoms with E-state index in [2.05, 4.69) is 37.3 Å². The highest BCUT2D eigenvalue weighted by Crippen LogP contribution is 2.16. The zero-order valence-corrected chi connectivity index (χ0v) is 13.5. The molecule has 1 aliphatic rings. The lowest BCUT2D eigenvalue weighted by Gasteiger charge is -2.25. The third-order valence-electron chi connectivity index (χ3n) is 4.42. The molecule has 1 amide bonds. The maximum atomic E-state index is 12.4. The maximum absolute atomic E-state index is 12.4. The van der Waals surface area contributed by atoms with Crippen molar-refractivity contribution in [2.45, 2.75) is 45.3 Å². The zero-order valence-electron chi connectivity index (χ0n) is 13.5. The molecule has 0 saturated heterocycles. The van der Waals surface area contributed by atoms with E-state index in [4.69, 9.17) is 0 Å². The number of amides is 1. The molecule has 0 radical (unpaired) electrons. The lowest BCUT2D eigenvalue weighted by molar-refractivity contribution is -0.122. The molecule has 24 heavy (non-hydrogen) atoms. The van der Waals surface area contributed by atoms with E-state index in [1.54, 1.807) is 4.68 Å². The largest absolute Gasteiger partial charge is 0.350 e. The van der Waals surface area contributed by atoms with E-state index in [1.165, 1.54) is 0 Å². The zero-order chi connectivity index (χ0) is 16.5. The standard InChI is InChI=1S/C16H19N7O/c1-2-14-19-20-15-8-7-11(9-22(14)15)17-16(24)10-23-13-6-4-3-5-12(13)18-21-23/h3-6,11H,2,7-10H2,1H3,(H,17,24). The van der Waals surface area contributed by atoms with Crippen molar-refractivity contribution in [3.63, 3.8) is 0 Å². The average molecular weight is 325 g/mol. The van der Waals surface area contributed by atoms with Crippen LogP contribution in [-0.4, -0.2) is 41.7 Å². The maximum Gasteiger partial charge on any atom is 0.242 e. The highest BCUT2D eigenvalue weighted by molar-refractivity contribution is 5.79. The van der Waals surface area contributed by atoms with Crippen molar-refractivity contribution in [2.75, 3.05) is 0 Å². The molecule has 0 bridgehead atoms. The van der Waals surface area contributed by atoms with Crippen LogP contribution in [0.25, 0.3) is 11.0 Å². The predicted molar refractivity (Wildman–Crippen MR) is 87.2 cm³/mol. The molecule has 4 rings (SSSR count). The van der Waals surface area contributed by atoms with Gasteiger partial charge in [-0.1, -0.05) is 24.3 Å². The highest BCUT2D eigenvalue weighted by Gasteiger charge is 2.23. The number of fused-ring (bicyclic) bond motifs is 2. The van der Waals surface area contributed by atoms with Crippen LogP contribution in [0.15, 0.2) is 24.3 Å². The van der Waals surface area contributed by atoms with E-state index in [0.29, 0.717) is 0 Å². The van der Waals surface area contributed by atoms with Crippen molar-refractivity contribution in [1.82, 2.24) is 35.1 Å². The Bertz CT molecular complexity index is 868. The predicted octanol–water partition coefficient (Wildman–Crippen LogP) is 0.716. The normalized spacial score (nSPS) is 17.0. The smallest absolute Gasteiger partial charge is 0.242 e. The van der Waals surface area contributed by atoms with Crippen molar-refractivity contribution in [1.29, 1.82) is 0 Å². The van der Waals surface area contributed by atoms with E-state index in [0.717, 1.165) is 48.5 Å². The Balaban J connectivity index is 1.43. The quantitative estimate of drug-likeness (QED) is 0.763. The van der Waals surface area contributed by atoms with Gasteiger partial charge in [0.15, 0.2) is 0 Å². The minimum Gasteiger partial charge on any atom is -0.350 e. The number of para-hydroxylation sites is 1. The van der Waals surface area contributed by atoms with Crippen LogP contribution >= 0.6 is 0 Å². The second-order valence-electron chi connectivity index (χ2n) is 6.04. The van der Waals surface area contributed by atoms with Crippen LogP contribution in [0.4, 0.5) is 0 Å². The third-order valence-corrected chi connectivity index (χ3v) is 4.42. The van der Waals surface area contributed by atoms with Crippen LogP contribution < -0.4 is 5.32 Å². The summed E-state index contributed by atoms with van der Waals surface area (Å²) in [7, 11) is 0. The molecule has 2 aromatic heterocycles. The molecule has 1 atom stereocenters. The van der Waals surface area contributed by atoms with Crippen LogP contribution in [0.5, 0.6) is 0 Å². The van der Waals surface area contributed by atoms with Crippen molar-refractivity contribution in [3.05, 3.63) is 35.9 Å². The first-order valence-electron chi connectivity index (χ1n) is 8.23. The number of aryl methyl sites for hydroxylation is 2. The van der Waals surface area contributed by atoms with Crippen molar-refractivity contribution in [3.8, 4) is 0 Å². The Labute approximate surface area is 138 Å². The first-order chi connectivity index (χ1) is 11.7. The lowest BCUT2D eigenvalue weighted by Crippen LogP contribution is -2.42. The van der Waals surface area contributed by atoms with Gasteiger partial charge in [-0.25, -0.2) is 4.68 Å². The summed E-state index contributed by atoms with van der Waals surface area (Å²) in [5.74, 6) is 1.94. The van der Waals surface area contributed by atoms with Gasteiger partial charge in [0.05, 0.1) is 5.52 Å². The van der Waals surface area contributed by atoms with Gasteiger partial charge in [-0.15, -0.1) is 15.3 Å². The van der Waals surface area contributed by atoms with Crippen LogP contribution in [0.1, 0.15) is 25.0 Å². The number of benzene rings is 1. The first kappa shape index (κ1) is 14.8. The van der Waals surface area contributed by atoms with E-state index in [-0.39, 0.29) is 18.5 Å². The molecule has 1 aliphatic heterocycles. The summed E-state index contributed by atoms with van der Waals surface area (Å²) in [6.45, 7) is 2.97. The fourth-order valence-electron chi connectivity index (χ4n) is 3.21. The lowest BCUT2D eigenvalue weighted by atomic mass is 10.1. The number of nitrogens with zero attached hydrogens (tertiary/aromatic N) is 6. The van der Waals surface area contributed by atoms with Gasteiger partial charge in [0.2, 0.25) is 5.91 Å². The van der Waals surface area contributed by atoms with Gasteiger partial charge in [0.25, 0.3) is 0 Å². The number of carbonyl (C=O) groups excluding carboxylic acids is 1. The van der Waals surface area contributed by atoms with Gasteiger partial charge in [0.1, 0.15) is 23.7 Å². The number of aromatic nitrogens is 6. The number of carbonyl (C=O) groups is 1. The Morgan fingerprint density at radius 2 is 2.17 bits per heavy atom. The summed E-state index contributed by atoms with van der Waals surface area (Å²) in [4.78, 5) is 12.4. The molecule has 0 fully saturated rings. The SMILES string of the molecule is CCc1nnc2n1CC(NC(=O)Cn1nnc3ccccc31)CC2. The second-order valence-corrected chi connectivity index (χ2v) is 6.04. The summed E-state index contributed by atoms with van der Waals surface area (Å²) >= 11 is 0. The Hall–Kier alpha value is -2.77. The van der Waals surface area contributed by atoms with E-state index >= 15 is 0 Å². The first-order valence-corrected chi connectivity index (χ1v) is 8.23. The average Bonchev–Trinajstić information content (AvgIpc) is 3.19. The molecule has 3 heterocycles. The Morgan fingerprint density at radius 1 is 1.29 bits per heavy atom. The van der Waals surface area contributed by atoms with Gasteiger partial charge < -0.3 is 9.88 Å². The van der Waals surface area contributed by atoms with E-state index < -0.39 is 0 Å². The van der Waals surface area contributed by atoms with Crippen LogP contribution in [0.2, 0.25) is 0 Å². The molecule has 1 aromatic carbocycles. The minimum absolute atomic E-state index is 0.0507. The van der Waals surface area contributed by atoms with Crippen LogP contribution in [-0.2, 0) is 30.7 Å². The van der Waals surface area contributed by atoms with E-state index in [1.807, 2.05) is 24.3 Å². The molecular weight excluding hydrogens is 306 g/mol. The molecular formula is C16H19N7O. The number of rotatable bonds is 4. The Morgan fingerprint density at radius 3 is 3.04 bits per heavy atom. The summed E-state index contributed by atoms with van der Waals surface area (Å²) < 4.78 is 3.76. The molecule has 8 heteroatoms. The van der Waals surface area contributed by atoms with Gasteiger partial charge >= 0.3 is 0 Å². The monoisotopic (exact) mass is 325 g/mol. The number of hydrogen-bond acceptors (Lipinski definition) is 5. The topological polar surface area (TPSA) is 90.5 Å². The van der Waals surface area contributed by atoms with Gasteiger partial charge in [-0.2, -0.15) is 0 Å². The van der Waals surface area contributed by atoms with Gasteiger partial charge in [-0.3, -0.25) is 4.79 Å². The Kier molecular flexibility index (Phi) is 3.72. The summed E-state index contributed by atoms with van der Waals surface area (Å²) in [5, 5.41) is 19.7. The molecule has 8 nitrogen and oxygen atoms in total. The highest BCUT2D eigenvalue weighted by atomic mass is 16.2. The van der Waals surface area contributed by atoms with Crippen molar-refractivity contribution in [2.24, 2.45) is 0 Å². The number of hydrogen-bond donors (Lipinski definition) is 1. The second kappa shape index (κ2) is 6.03. The summed E-state index contributed by atoms with van der Waals surface area (Å²) in [6, 6.07) is 7.73. The van der Waals surface area contributed by atoms with Gasteiger partial charge in [0, 0.05) is 25.4 Å². The summed E-state index contributed by atoms with van der Waals surface area (Å²) in [6.07, 6.45) is 2.56. The molecule has 1 unspecified atom stereocenters. The van der Waals surface area contributed by atoms with Crippen LogP contribution in [0.3, 0.4) is 0 Å². The molecule has 0 saturated carbocycles. The molecule has 124 valence electrons. The molecule has 0 spiro atoms. The van der Waals surface area contributed by atoms with Crippen molar-refractivity contribution >= 4 is 16.9 Å². The summed E-state index contributed by atoms with van der Waals surface area (Å²) in [5.41, 5.74) is 1.66. The van der Waals surface area contributed by atoms with Crippen LogP contribution in [0, 0.1) is 0 Å². The van der Waals surface area contributed by atoms with Gasteiger partial charge in [-0.05, 0) is 18.6 Å². The molecule has 1 N–H and O–H groups in total. The molecule has 3 aromatic rings. The molecule has 0 aliphatic carbocycles.